The molecule has 0 spiro atoms. The SMILES string of the molecule is C=C(Cl)CN1C(=O)C(=O)N([C@H](C)c2ccccc2)C1=O. The summed E-state index contributed by atoms with van der Waals surface area (Å²) in [7, 11) is 0. The van der Waals surface area contributed by atoms with Crippen LogP contribution in [0.15, 0.2) is 41.9 Å². The van der Waals surface area contributed by atoms with Gasteiger partial charge < -0.3 is 0 Å². The molecule has 1 heterocycles. The van der Waals surface area contributed by atoms with Crippen molar-refractivity contribution in [2.75, 3.05) is 6.54 Å². The van der Waals surface area contributed by atoms with Crippen LogP contribution in [-0.2, 0) is 9.59 Å². The van der Waals surface area contributed by atoms with E-state index in [2.05, 4.69) is 6.58 Å². The highest BCUT2D eigenvalue weighted by Gasteiger charge is 2.46. The molecule has 1 aliphatic rings. The van der Waals surface area contributed by atoms with Gasteiger partial charge in [-0.05, 0) is 12.5 Å². The van der Waals surface area contributed by atoms with E-state index in [1.54, 1.807) is 31.2 Å². The minimum absolute atomic E-state index is 0.119. The fourth-order valence-corrected chi connectivity index (χ4v) is 2.17. The van der Waals surface area contributed by atoms with Crippen molar-refractivity contribution in [3.8, 4) is 0 Å². The molecule has 4 amide bonds. The van der Waals surface area contributed by atoms with Crippen molar-refractivity contribution in [3.63, 3.8) is 0 Å². The van der Waals surface area contributed by atoms with Gasteiger partial charge in [0.05, 0.1) is 12.6 Å². The van der Waals surface area contributed by atoms with E-state index in [0.717, 1.165) is 15.4 Å². The van der Waals surface area contributed by atoms with Gasteiger partial charge in [-0.2, -0.15) is 0 Å². The lowest BCUT2D eigenvalue weighted by Gasteiger charge is -2.22. The van der Waals surface area contributed by atoms with Gasteiger partial charge in [-0.25, -0.2) is 9.69 Å². The molecule has 1 aromatic rings. The van der Waals surface area contributed by atoms with Crippen LogP contribution in [0, 0.1) is 0 Å². The van der Waals surface area contributed by atoms with E-state index in [-0.39, 0.29) is 11.6 Å². The maximum atomic E-state index is 12.2. The van der Waals surface area contributed by atoms with Crippen molar-refractivity contribution < 1.29 is 14.4 Å². The van der Waals surface area contributed by atoms with Crippen LogP contribution in [0.3, 0.4) is 0 Å². The maximum Gasteiger partial charge on any atom is 0.335 e. The minimum Gasteiger partial charge on any atom is -0.263 e. The molecular weight excluding hydrogens is 280 g/mol. The standard InChI is InChI=1S/C14H13ClN2O3/c1-9(15)8-16-12(18)13(19)17(14(16)20)10(2)11-6-4-3-5-7-11/h3-7,10H,1,8H2,2H3/t10-/m1/s1. The van der Waals surface area contributed by atoms with E-state index in [1.807, 2.05) is 6.07 Å². The number of hydrogen-bond acceptors (Lipinski definition) is 3. The molecule has 0 radical (unpaired) electrons. The molecule has 104 valence electrons. The molecule has 20 heavy (non-hydrogen) atoms. The Kier molecular flexibility index (Phi) is 3.90. The molecule has 5 nitrogen and oxygen atoms in total. The van der Waals surface area contributed by atoms with Gasteiger partial charge in [-0.3, -0.25) is 14.5 Å². The average Bonchev–Trinajstić information content (AvgIpc) is 2.63. The Labute approximate surface area is 121 Å². The number of nitrogens with zero attached hydrogens (tertiary/aromatic N) is 2. The first-order valence-corrected chi connectivity index (χ1v) is 6.38. The second kappa shape index (κ2) is 5.46. The second-order valence-corrected chi connectivity index (χ2v) is 4.99. The van der Waals surface area contributed by atoms with Crippen molar-refractivity contribution in [2.45, 2.75) is 13.0 Å². The van der Waals surface area contributed by atoms with E-state index < -0.39 is 23.9 Å². The number of rotatable bonds is 4. The number of carbonyl (C=O) groups excluding carboxylic acids is 3. The number of benzene rings is 1. The first-order valence-electron chi connectivity index (χ1n) is 6.00. The summed E-state index contributed by atoms with van der Waals surface area (Å²) in [4.78, 5) is 37.7. The van der Waals surface area contributed by atoms with E-state index in [0.29, 0.717) is 0 Å². The Morgan fingerprint density at radius 1 is 1.20 bits per heavy atom. The Balaban J connectivity index is 2.29. The number of urea groups is 1. The van der Waals surface area contributed by atoms with Crippen molar-refractivity contribution in [1.82, 2.24) is 9.80 Å². The Morgan fingerprint density at radius 3 is 2.35 bits per heavy atom. The van der Waals surface area contributed by atoms with Crippen molar-refractivity contribution >= 4 is 29.4 Å². The summed E-state index contributed by atoms with van der Waals surface area (Å²) in [5.74, 6) is -1.72. The first-order chi connectivity index (χ1) is 9.43. The molecule has 1 fully saturated rings. The van der Waals surface area contributed by atoms with Crippen molar-refractivity contribution in [2.24, 2.45) is 0 Å². The zero-order valence-electron chi connectivity index (χ0n) is 10.9. The summed E-state index contributed by atoms with van der Waals surface area (Å²) in [6, 6.07) is 7.83. The molecule has 0 aromatic heterocycles. The summed E-state index contributed by atoms with van der Waals surface area (Å²) in [6.45, 7) is 4.96. The summed E-state index contributed by atoms with van der Waals surface area (Å²) >= 11 is 5.61. The predicted molar refractivity (Wildman–Crippen MR) is 73.8 cm³/mol. The van der Waals surface area contributed by atoms with Crippen LogP contribution < -0.4 is 0 Å². The molecule has 1 saturated heterocycles. The molecule has 6 heteroatoms. The molecule has 2 rings (SSSR count). The molecule has 0 unspecified atom stereocenters. The van der Waals surface area contributed by atoms with E-state index >= 15 is 0 Å². The van der Waals surface area contributed by atoms with Gasteiger partial charge >= 0.3 is 17.8 Å². The van der Waals surface area contributed by atoms with E-state index in [1.165, 1.54) is 0 Å². The van der Waals surface area contributed by atoms with Crippen LogP contribution in [0.1, 0.15) is 18.5 Å². The summed E-state index contributed by atoms with van der Waals surface area (Å²) in [6.07, 6.45) is 0. The topological polar surface area (TPSA) is 57.7 Å². The molecule has 0 bridgehead atoms. The van der Waals surface area contributed by atoms with Gasteiger partial charge in [0, 0.05) is 5.03 Å². The molecule has 1 atom stereocenters. The Morgan fingerprint density at radius 2 is 1.80 bits per heavy atom. The lowest BCUT2D eigenvalue weighted by molar-refractivity contribution is -0.143. The smallest absolute Gasteiger partial charge is 0.263 e. The molecule has 1 aliphatic heterocycles. The lowest BCUT2D eigenvalue weighted by atomic mass is 10.1. The average molecular weight is 293 g/mol. The van der Waals surface area contributed by atoms with Crippen LogP contribution >= 0.6 is 11.6 Å². The van der Waals surface area contributed by atoms with Gasteiger partial charge in [0.1, 0.15) is 0 Å². The van der Waals surface area contributed by atoms with Crippen LogP contribution in [-0.4, -0.2) is 34.2 Å². The van der Waals surface area contributed by atoms with E-state index in [4.69, 9.17) is 11.6 Å². The largest absolute Gasteiger partial charge is 0.335 e. The van der Waals surface area contributed by atoms with Crippen LogP contribution in [0.4, 0.5) is 4.79 Å². The third-order valence-electron chi connectivity index (χ3n) is 3.08. The fourth-order valence-electron chi connectivity index (χ4n) is 2.06. The van der Waals surface area contributed by atoms with Crippen LogP contribution in [0.5, 0.6) is 0 Å². The van der Waals surface area contributed by atoms with Crippen molar-refractivity contribution in [3.05, 3.63) is 47.5 Å². The zero-order valence-corrected chi connectivity index (χ0v) is 11.6. The number of hydrogen-bond donors (Lipinski definition) is 0. The Hall–Kier alpha value is -2.14. The normalized spacial score (nSPS) is 16.8. The van der Waals surface area contributed by atoms with Gasteiger partial charge in [-0.15, -0.1) is 0 Å². The third kappa shape index (κ3) is 2.44. The highest BCUT2D eigenvalue weighted by atomic mass is 35.5. The van der Waals surface area contributed by atoms with Gasteiger partial charge in [0.25, 0.3) is 0 Å². The molecular formula is C14H13ClN2O3. The third-order valence-corrected chi connectivity index (χ3v) is 3.20. The second-order valence-electron chi connectivity index (χ2n) is 4.45. The fraction of sp³-hybridized carbons (Fsp3) is 0.214. The number of halogens is 1. The highest BCUT2D eigenvalue weighted by Crippen LogP contribution is 2.26. The van der Waals surface area contributed by atoms with E-state index in [9.17, 15) is 14.4 Å². The molecule has 0 N–H and O–H groups in total. The number of imide groups is 2. The monoisotopic (exact) mass is 292 g/mol. The van der Waals surface area contributed by atoms with Gasteiger partial charge in [0.15, 0.2) is 0 Å². The predicted octanol–water partition coefficient (Wildman–Crippen LogP) is 2.29. The molecule has 0 aliphatic carbocycles. The molecule has 0 saturated carbocycles. The Bertz CT molecular complexity index is 585. The summed E-state index contributed by atoms with van der Waals surface area (Å²) in [5.41, 5.74) is 0.772. The first kappa shape index (κ1) is 14.3. The number of amides is 4. The lowest BCUT2D eigenvalue weighted by Crippen LogP contribution is -2.35. The number of carbonyl (C=O) groups is 3. The van der Waals surface area contributed by atoms with Crippen molar-refractivity contribution in [1.29, 1.82) is 0 Å². The minimum atomic E-state index is -0.875. The maximum absolute atomic E-state index is 12.2. The van der Waals surface area contributed by atoms with Crippen LogP contribution in [0.25, 0.3) is 0 Å². The van der Waals surface area contributed by atoms with Crippen LogP contribution in [0.2, 0.25) is 0 Å². The molecule has 1 aromatic carbocycles. The van der Waals surface area contributed by atoms with Gasteiger partial charge in [-0.1, -0.05) is 48.5 Å². The highest BCUT2D eigenvalue weighted by molar-refractivity contribution is 6.45. The summed E-state index contributed by atoms with van der Waals surface area (Å²) in [5, 5.41) is 0.119. The quantitative estimate of drug-likeness (QED) is 0.632. The summed E-state index contributed by atoms with van der Waals surface area (Å²) < 4.78 is 0. The van der Waals surface area contributed by atoms with Gasteiger partial charge in [0.2, 0.25) is 0 Å². The zero-order chi connectivity index (χ0) is 14.9.